The Morgan fingerprint density at radius 2 is 2.00 bits per heavy atom. The highest BCUT2D eigenvalue weighted by Crippen LogP contribution is 2.36. The number of ether oxygens (including phenoxy) is 2. The van der Waals surface area contributed by atoms with Gasteiger partial charge in [0.1, 0.15) is 17.0 Å². The van der Waals surface area contributed by atoms with E-state index in [4.69, 9.17) is 19.4 Å². The Hall–Kier alpha value is -4.03. The monoisotopic (exact) mass is 558 g/mol. The summed E-state index contributed by atoms with van der Waals surface area (Å²) >= 11 is 0. The number of anilines is 1. The smallest absolute Gasteiger partial charge is 0.257 e. The maximum absolute atomic E-state index is 13.3. The highest BCUT2D eigenvalue weighted by atomic mass is 16.5. The molecule has 214 valence electrons. The van der Waals surface area contributed by atoms with Crippen molar-refractivity contribution in [3.8, 4) is 11.3 Å². The number of likely N-dealkylation sites (tertiary alicyclic amines) is 1. The predicted octanol–water partition coefficient (Wildman–Crippen LogP) is 2.65. The van der Waals surface area contributed by atoms with Gasteiger partial charge in [-0.3, -0.25) is 9.59 Å². The van der Waals surface area contributed by atoms with Crippen LogP contribution in [0.5, 0.6) is 0 Å². The lowest BCUT2D eigenvalue weighted by Crippen LogP contribution is -2.51. The molecular formula is C29H34N8O4. The number of rotatable bonds is 7. The number of methoxy groups -OCH3 is 1. The van der Waals surface area contributed by atoms with Crippen LogP contribution in [0.15, 0.2) is 36.8 Å². The summed E-state index contributed by atoms with van der Waals surface area (Å²) < 4.78 is 14.7. The third-order valence-corrected chi connectivity index (χ3v) is 8.83. The maximum Gasteiger partial charge on any atom is 0.257 e. The summed E-state index contributed by atoms with van der Waals surface area (Å²) in [5, 5.41) is 11.7. The minimum absolute atomic E-state index is 0.0201. The highest BCUT2D eigenvalue weighted by molar-refractivity contribution is 6.01. The standard InChI is InChI=1S/C29H34N8O4/c1-30-25-13-23(33-28-20(14-32-37(25)28)29(39)34-22-5-6-24(22)40-2)21-16-36(27-19(21)4-3-9-31-27)18-12-26(38)35(15-18)17-7-10-41-11-8-17/h3-4,9,13-14,16-18,22,24,30H,5-8,10-12,15H2,1-2H3,(H,34,39)/t18-,22-,24-/m1/s1. The molecule has 41 heavy (non-hydrogen) atoms. The van der Waals surface area contributed by atoms with E-state index in [1.807, 2.05) is 30.1 Å². The van der Waals surface area contributed by atoms with Crippen LogP contribution >= 0.6 is 0 Å². The minimum Gasteiger partial charge on any atom is -0.381 e. The zero-order chi connectivity index (χ0) is 28.1. The van der Waals surface area contributed by atoms with Crippen molar-refractivity contribution in [3.05, 3.63) is 42.4 Å². The average Bonchev–Trinajstić information content (AvgIpc) is 3.70. The summed E-state index contributed by atoms with van der Waals surface area (Å²) in [7, 11) is 3.48. The van der Waals surface area contributed by atoms with Crippen molar-refractivity contribution in [1.29, 1.82) is 0 Å². The molecule has 0 bridgehead atoms. The fourth-order valence-corrected chi connectivity index (χ4v) is 6.42. The fraction of sp³-hybridized carbons (Fsp3) is 0.483. The summed E-state index contributed by atoms with van der Waals surface area (Å²) in [6, 6.07) is 6.03. The van der Waals surface area contributed by atoms with E-state index in [1.165, 1.54) is 0 Å². The van der Waals surface area contributed by atoms with Gasteiger partial charge in [0.05, 0.1) is 30.1 Å². The van der Waals surface area contributed by atoms with Gasteiger partial charge in [-0.05, 0) is 37.8 Å². The fourth-order valence-electron chi connectivity index (χ4n) is 6.42. The summed E-state index contributed by atoms with van der Waals surface area (Å²) in [4.78, 5) is 38.1. The van der Waals surface area contributed by atoms with Crippen LogP contribution in [0, 0.1) is 0 Å². The third-order valence-electron chi connectivity index (χ3n) is 8.83. The van der Waals surface area contributed by atoms with Crippen LogP contribution in [0.1, 0.15) is 48.5 Å². The zero-order valence-corrected chi connectivity index (χ0v) is 23.2. The Kier molecular flexibility index (Phi) is 6.58. The molecule has 0 spiro atoms. The Labute approximate surface area is 237 Å². The van der Waals surface area contributed by atoms with Crippen LogP contribution in [0.4, 0.5) is 5.82 Å². The van der Waals surface area contributed by atoms with Gasteiger partial charge < -0.3 is 29.6 Å². The van der Waals surface area contributed by atoms with Crippen LogP contribution < -0.4 is 10.6 Å². The van der Waals surface area contributed by atoms with E-state index in [0.29, 0.717) is 48.9 Å². The highest BCUT2D eigenvalue weighted by Gasteiger charge is 2.37. The molecule has 12 heteroatoms. The van der Waals surface area contributed by atoms with E-state index in [1.54, 1.807) is 24.0 Å². The summed E-state index contributed by atoms with van der Waals surface area (Å²) in [5.41, 5.74) is 3.25. The Morgan fingerprint density at radius 1 is 1.15 bits per heavy atom. The molecule has 3 atom stereocenters. The van der Waals surface area contributed by atoms with E-state index >= 15 is 0 Å². The first-order chi connectivity index (χ1) is 20.1. The Balaban J connectivity index is 1.26. The van der Waals surface area contributed by atoms with Gasteiger partial charge in [-0.2, -0.15) is 9.61 Å². The van der Waals surface area contributed by atoms with Crippen molar-refractivity contribution in [2.45, 2.75) is 56.3 Å². The molecule has 4 aromatic heterocycles. The number of pyridine rings is 1. The second-order valence-corrected chi connectivity index (χ2v) is 11.1. The molecule has 2 N–H and O–H groups in total. The minimum atomic E-state index is -0.222. The molecule has 0 unspecified atom stereocenters. The molecule has 1 saturated carbocycles. The number of carbonyl (C=O) groups excluding carboxylic acids is 2. The number of carbonyl (C=O) groups is 2. The third kappa shape index (κ3) is 4.41. The molecule has 2 saturated heterocycles. The summed E-state index contributed by atoms with van der Waals surface area (Å²) in [6.07, 6.45) is 9.41. The van der Waals surface area contributed by atoms with Crippen molar-refractivity contribution < 1.29 is 19.1 Å². The summed E-state index contributed by atoms with van der Waals surface area (Å²) in [6.45, 7) is 2.04. The molecule has 3 aliphatic rings. The lowest BCUT2D eigenvalue weighted by atomic mass is 9.89. The van der Waals surface area contributed by atoms with Crippen molar-refractivity contribution >= 4 is 34.3 Å². The Morgan fingerprint density at radius 3 is 2.76 bits per heavy atom. The van der Waals surface area contributed by atoms with E-state index < -0.39 is 0 Å². The van der Waals surface area contributed by atoms with Crippen molar-refractivity contribution in [3.63, 3.8) is 0 Å². The van der Waals surface area contributed by atoms with Gasteiger partial charge >= 0.3 is 0 Å². The van der Waals surface area contributed by atoms with Crippen LogP contribution in [0.3, 0.4) is 0 Å². The lowest BCUT2D eigenvalue weighted by molar-refractivity contribution is -0.131. The molecule has 1 aliphatic carbocycles. The molecule has 3 fully saturated rings. The van der Waals surface area contributed by atoms with Crippen LogP contribution in [-0.4, -0.2) is 93.0 Å². The first-order valence-electron chi connectivity index (χ1n) is 14.3. The van der Waals surface area contributed by atoms with Crippen LogP contribution in [-0.2, 0) is 14.3 Å². The number of hydrogen-bond donors (Lipinski definition) is 2. The molecule has 0 aromatic carbocycles. The first-order valence-corrected chi connectivity index (χ1v) is 14.3. The SMILES string of the molecule is CNc1cc(-c2cn([C@@H]3CC(=O)N(C4CCOCC4)C3)c3ncccc23)nc2c(C(=O)N[C@@H]3CC[C@H]3OC)cnn12. The molecule has 4 aromatic rings. The molecule has 0 radical (unpaired) electrons. The van der Waals surface area contributed by atoms with E-state index in [-0.39, 0.29) is 36.0 Å². The molecule has 7 rings (SSSR count). The van der Waals surface area contributed by atoms with Crippen molar-refractivity contribution in [2.75, 3.05) is 39.2 Å². The largest absolute Gasteiger partial charge is 0.381 e. The van der Waals surface area contributed by atoms with Gasteiger partial charge in [0, 0.05) is 75.8 Å². The molecule has 2 aliphatic heterocycles. The van der Waals surface area contributed by atoms with Crippen molar-refractivity contribution in [2.24, 2.45) is 0 Å². The van der Waals surface area contributed by atoms with E-state index in [0.717, 1.165) is 42.3 Å². The summed E-state index contributed by atoms with van der Waals surface area (Å²) in [5.74, 6) is 0.657. The number of nitrogens with zero attached hydrogens (tertiary/aromatic N) is 6. The van der Waals surface area contributed by atoms with Crippen LogP contribution in [0.25, 0.3) is 27.9 Å². The molecular weight excluding hydrogens is 524 g/mol. The van der Waals surface area contributed by atoms with E-state index in [2.05, 4.69) is 26.5 Å². The molecule has 2 amide bonds. The number of amides is 2. The number of nitrogens with one attached hydrogen (secondary N) is 2. The van der Waals surface area contributed by atoms with Gasteiger partial charge in [0.15, 0.2) is 5.65 Å². The van der Waals surface area contributed by atoms with E-state index in [9.17, 15) is 9.59 Å². The lowest BCUT2D eigenvalue weighted by Gasteiger charge is -2.35. The first kappa shape index (κ1) is 25.9. The average molecular weight is 559 g/mol. The number of aromatic nitrogens is 5. The zero-order valence-electron chi connectivity index (χ0n) is 23.2. The van der Waals surface area contributed by atoms with Gasteiger partial charge in [-0.25, -0.2) is 9.97 Å². The second-order valence-electron chi connectivity index (χ2n) is 11.1. The van der Waals surface area contributed by atoms with Gasteiger partial charge in [-0.1, -0.05) is 0 Å². The Bertz CT molecular complexity index is 1620. The predicted molar refractivity (Wildman–Crippen MR) is 152 cm³/mol. The second kappa shape index (κ2) is 10.4. The van der Waals surface area contributed by atoms with Gasteiger partial charge in [0.25, 0.3) is 5.91 Å². The molecule has 6 heterocycles. The topological polar surface area (TPSA) is 128 Å². The maximum atomic E-state index is 13.3. The normalized spacial score (nSPS) is 23.3. The van der Waals surface area contributed by atoms with Gasteiger partial charge in [0.2, 0.25) is 5.91 Å². The number of hydrogen-bond acceptors (Lipinski definition) is 8. The van der Waals surface area contributed by atoms with Gasteiger partial charge in [-0.15, -0.1) is 0 Å². The quantitative estimate of drug-likeness (QED) is 0.354. The number of fused-ring (bicyclic) bond motifs is 2. The van der Waals surface area contributed by atoms with Crippen LogP contribution in [0.2, 0.25) is 0 Å². The van der Waals surface area contributed by atoms with Crippen molar-refractivity contribution in [1.82, 2.24) is 34.4 Å². The molecule has 12 nitrogen and oxygen atoms in total.